The lowest BCUT2D eigenvalue weighted by atomic mass is 10.1. The molecule has 0 spiro atoms. The molecule has 2 aliphatic rings. The number of nitrogens with zero attached hydrogens (tertiary/aromatic N) is 4. The average molecular weight is 381 g/mol. The Balaban J connectivity index is 1.46. The Morgan fingerprint density at radius 3 is 2.86 bits per heavy atom. The summed E-state index contributed by atoms with van der Waals surface area (Å²) in [6.07, 6.45) is 0.872. The van der Waals surface area contributed by atoms with Gasteiger partial charge >= 0.3 is 0 Å². The first-order valence-electron chi connectivity index (χ1n) is 9.93. The van der Waals surface area contributed by atoms with E-state index in [1.165, 1.54) is 5.56 Å². The normalized spacial score (nSPS) is 19.5. The van der Waals surface area contributed by atoms with Crippen molar-refractivity contribution in [3.8, 4) is 0 Å². The molecule has 0 saturated carbocycles. The third-order valence-corrected chi connectivity index (χ3v) is 5.32. The van der Waals surface area contributed by atoms with Gasteiger partial charge < -0.3 is 15.0 Å². The van der Waals surface area contributed by atoms with E-state index in [-0.39, 0.29) is 11.9 Å². The summed E-state index contributed by atoms with van der Waals surface area (Å²) >= 11 is 0. The van der Waals surface area contributed by atoms with Gasteiger partial charge in [0.05, 0.1) is 13.2 Å². The van der Waals surface area contributed by atoms with Crippen LogP contribution in [0.2, 0.25) is 0 Å². The first-order chi connectivity index (χ1) is 13.6. The third-order valence-electron chi connectivity index (χ3n) is 5.32. The van der Waals surface area contributed by atoms with Crippen molar-refractivity contribution in [3.63, 3.8) is 0 Å². The topological polar surface area (TPSA) is 70.6 Å². The zero-order valence-electron chi connectivity index (χ0n) is 16.5. The lowest BCUT2D eigenvalue weighted by molar-refractivity contribution is 0.0398. The van der Waals surface area contributed by atoms with Crippen LogP contribution in [0.1, 0.15) is 28.8 Å². The van der Waals surface area contributed by atoms with Crippen molar-refractivity contribution in [2.45, 2.75) is 26.3 Å². The highest BCUT2D eigenvalue weighted by Crippen LogP contribution is 2.32. The molecule has 7 nitrogen and oxygen atoms in total. The van der Waals surface area contributed by atoms with Crippen LogP contribution in [0, 0.1) is 6.92 Å². The van der Waals surface area contributed by atoms with Crippen molar-refractivity contribution in [2.75, 3.05) is 49.6 Å². The molecule has 0 aliphatic carbocycles. The van der Waals surface area contributed by atoms with Gasteiger partial charge in [-0.15, -0.1) is 0 Å². The molecule has 1 amide bonds. The number of aromatic nitrogens is 2. The SMILES string of the molecule is Cc1nc(NCCN2CCOCC2)cc(C(=O)N2c3ccccc3CC2C)n1. The number of carbonyl (C=O) groups is 1. The van der Waals surface area contributed by atoms with Gasteiger partial charge in [-0.25, -0.2) is 9.97 Å². The molecule has 1 N–H and O–H groups in total. The fourth-order valence-electron chi connectivity index (χ4n) is 3.93. The van der Waals surface area contributed by atoms with Gasteiger partial charge in [-0.05, 0) is 31.9 Å². The highest BCUT2D eigenvalue weighted by Gasteiger charge is 2.32. The number of amides is 1. The van der Waals surface area contributed by atoms with E-state index in [1.807, 2.05) is 30.0 Å². The molecule has 1 aromatic heterocycles. The van der Waals surface area contributed by atoms with Crippen LogP contribution in [0.25, 0.3) is 0 Å². The van der Waals surface area contributed by atoms with Crippen molar-refractivity contribution in [3.05, 3.63) is 47.4 Å². The molecule has 28 heavy (non-hydrogen) atoms. The molecule has 3 heterocycles. The van der Waals surface area contributed by atoms with E-state index in [9.17, 15) is 4.79 Å². The second kappa shape index (κ2) is 8.24. The summed E-state index contributed by atoms with van der Waals surface area (Å²) < 4.78 is 5.38. The summed E-state index contributed by atoms with van der Waals surface area (Å²) in [6, 6.07) is 9.97. The fraction of sp³-hybridized carbons (Fsp3) is 0.476. The second-order valence-corrected chi connectivity index (χ2v) is 7.42. The van der Waals surface area contributed by atoms with Crippen molar-refractivity contribution < 1.29 is 9.53 Å². The van der Waals surface area contributed by atoms with Gasteiger partial charge in [-0.2, -0.15) is 0 Å². The van der Waals surface area contributed by atoms with Crippen LogP contribution in [-0.2, 0) is 11.2 Å². The lowest BCUT2D eigenvalue weighted by Gasteiger charge is -2.26. The molecule has 0 radical (unpaired) electrons. The van der Waals surface area contributed by atoms with Crippen molar-refractivity contribution in [1.29, 1.82) is 0 Å². The van der Waals surface area contributed by atoms with E-state index in [0.29, 0.717) is 17.3 Å². The number of carbonyl (C=O) groups excluding carboxylic acids is 1. The van der Waals surface area contributed by atoms with E-state index < -0.39 is 0 Å². The maximum absolute atomic E-state index is 13.2. The van der Waals surface area contributed by atoms with E-state index in [4.69, 9.17) is 4.74 Å². The second-order valence-electron chi connectivity index (χ2n) is 7.42. The number of anilines is 2. The molecule has 148 valence electrons. The Morgan fingerprint density at radius 2 is 2.04 bits per heavy atom. The Kier molecular flexibility index (Phi) is 5.54. The summed E-state index contributed by atoms with van der Waals surface area (Å²) in [5, 5.41) is 3.34. The van der Waals surface area contributed by atoms with E-state index in [2.05, 4.69) is 33.2 Å². The minimum atomic E-state index is -0.0702. The third kappa shape index (κ3) is 4.00. The van der Waals surface area contributed by atoms with Crippen LogP contribution in [0.5, 0.6) is 0 Å². The number of morpholine rings is 1. The maximum atomic E-state index is 13.2. The summed E-state index contributed by atoms with van der Waals surface area (Å²) in [7, 11) is 0. The average Bonchev–Trinajstić information content (AvgIpc) is 3.03. The number of hydrogen-bond acceptors (Lipinski definition) is 6. The number of hydrogen-bond donors (Lipinski definition) is 1. The Bertz CT molecular complexity index is 850. The van der Waals surface area contributed by atoms with E-state index in [1.54, 1.807) is 6.07 Å². The van der Waals surface area contributed by atoms with Gasteiger partial charge in [-0.3, -0.25) is 9.69 Å². The van der Waals surface area contributed by atoms with Crippen molar-refractivity contribution in [2.24, 2.45) is 0 Å². The Labute approximate surface area is 165 Å². The zero-order valence-corrected chi connectivity index (χ0v) is 16.5. The minimum absolute atomic E-state index is 0.0702. The summed E-state index contributed by atoms with van der Waals surface area (Å²) in [5.41, 5.74) is 2.63. The predicted octanol–water partition coefficient (Wildman–Crippen LogP) is 2.12. The number of benzene rings is 1. The number of ether oxygens (including phenoxy) is 1. The van der Waals surface area contributed by atoms with E-state index >= 15 is 0 Å². The molecule has 0 bridgehead atoms. The number of rotatable bonds is 5. The van der Waals surface area contributed by atoms with Crippen molar-refractivity contribution >= 4 is 17.4 Å². The molecule has 2 aliphatic heterocycles. The largest absolute Gasteiger partial charge is 0.379 e. The molecule has 1 unspecified atom stereocenters. The van der Waals surface area contributed by atoms with Gasteiger partial charge in [0.25, 0.3) is 5.91 Å². The van der Waals surface area contributed by atoms with Gasteiger partial charge in [0.15, 0.2) is 0 Å². The summed E-state index contributed by atoms with van der Waals surface area (Å²) in [6.45, 7) is 9.10. The first-order valence-corrected chi connectivity index (χ1v) is 9.93. The van der Waals surface area contributed by atoms with Gasteiger partial charge in [-0.1, -0.05) is 18.2 Å². The number of para-hydroxylation sites is 1. The van der Waals surface area contributed by atoms with Crippen LogP contribution < -0.4 is 10.2 Å². The van der Waals surface area contributed by atoms with Crippen LogP contribution in [0.15, 0.2) is 30.3 Å². The molecule has 7 heteroatoms. The summed E-state index contributed by atoms with van der Waals surface area (Å²) in [4.78, 5) is 26.3. The molecule has 4 rings (SSSR count). The minimum Gasteiger partial charge on any atom is -0.379 e. The van der Waals surface area contributed by atoms with Gasteiger partial charge in [0, 0.05) is 44.0 Å². The van der Waals surface area contributed by atoms with Crippen LogP contribution in [-0.4, -0.2) is 66.2 Å². The zero-order chi connectivity index (χ0) is 19.5. The highest BCUT2D eigenvalue weighted by atomic mass is 16.5. The lowest BCUT2D eigenvalue weighted by Crippen LogP contribution is -2.39. The molecule has 1 aromatic carbocycles. The number of nitrogens with one attached hydrogen (secondary N) is 1. The van der Waals surface area contributed by atoms with E-state index in [0.717, 1.165) is 51.5 Å². The molecule has 2 aromatic rings. The molecular formula is C21H27N5O2. The Morgan fingerprint density at radius 1 is 1.25 bits per heavy atom. The van der Waals surface area contributed by atoms with Gasteiger partial charge in [0.2, 0.25) is 0 Å². The van der Waals surface area contributed by atoms with Crippen LogP contribution >= 0.6 is 0 Å². The van der Waals surface area contributed by atoms with Crippen LogP contribution in [0.4, 0.5) is 11.5 Å². The smallest absolute Gasteiger partial charge is 0.277 e. The first kappa shape index (κ1) is 18.8. The number of fused-ring (bicyclic) bond motifs is 1. The molecule has 1 fully saturated rings. The quantitative estimate of drug-likeness (QED) is 0.856. The fourth-order valence-corrected chi connectivity index (χ4v) is 3.93. The predicted molar refractivity (Wildman–Crippen MR) is 109 cm³/mol. The van der Waals surface area contributed by atoms with Crippen LogP contribution in [0.3, 0.4) is 0 Å². The monoisotopic (exact) mass is 381 g/mol. The highest BCUT2D eigenvalue weighted by molar-refractivity contribution is 6.06. The molecule has 1 atom stereocenters. The maximum Gasteiger partial charge on any atom is 0.277 e. The van der Waals surface area contributed by atoms with Gasteiger partial charge in [0.1, 0.15) is 17.3 Å². The Hall–Kier alpha value is -2.51. The number of aryl methyl sites for hydroxylation is 1. The molecule has 1 saturated heterocycles. The molecular weight excluding hydrogens is 354 g/mol. The standard InChI is InChI=1S/C21H27N5O2/c1-15-13-17-5-3-4-6-19(17)26(15)21(27)18-14-20(24-16(2)23-18)22-7-8-25-9-11-28-12-10-25/h3-6,14-15H,7-13H2,1-2H3,(H,22,23,24). The van der Waals surface area contributed by atoms with Crippen molar-refractivity contribution in [1.82, 2.24) is 14.9 Å². The summed E-state index contributed by atoms with van der Waals surface area (Å²) in [5.74, 6) is 1.23.